The van der Waals surface area contributed by atoms with Crippen molar-refractivity contribution in [3.05, 3.63) is 53.6 Å². The zero-order valence-electron chi connectivity index (χ0n) is 16.5. The predicted molar refractivity (Wildman–Crippen MR) is 97.9 cm³/mol. The van der Waals surface area contributed by atoms with E-state index in [1.54, 1.807) is 46.2 Å². The molecule has 30 heavy (non-hydrogen) atoms. The van der Waals surface area contributed by atoms with Gasteiger partial charge in [-0.2, -0.15) is 0 Å². The average molecular weight is 456 g/mol. The van der Waals surface area contributed by atoms with Gasteiger partial charge < -0.3 is 30.0 Å². The number of hydrogen-bond donors (Lipinski definition) is 0. The molecule has 0 aromatic heterocycles. The zero-order valence-corrected chi connectivity index (χ0v) is 17.6. The van der Waals surface area contributed by atoms with Gasteiger partial charge in [-0.3, -0.25) is 9.80 Å². The summed E-state index contributed by atoms with van der Waals surface area (Å²) < 4.78 is 0. The number of carboxylic acid groups (broad SMARTS) is 2. The molecule has 0 saturated heterocycles. The molecule has 1 aromatic carbocycles. The first-order valence-electron chi connectivity index (χ1n) is 9.46. The smallest absolute Gasteiger partial charge is 0.872 e. The summed E-state index contributed by atoms with van der Waals surface area (Å²) in [5, 5.41) is 46.0. The number of carbonyl (C=O) groups is 2. The monoisotopic (exact) mass is 456 g/mol. The summed E-state index contributed by atoms with van der Waals surface area (Å²) >= 11 is 0. The molecule has 1 aliphatic carbocycles. The molecule has 0 aliphatic heterocycles. The number of benzene rings is 1. The quantitative estimate of drug-likeness (QED) is 0.312. The summed E-state index contributed by atoms with van der Waals surface area (Å²) in [5.74, 6) is -2.67. The SMILES string of the molecule is O=C([O-])CN(CCCN(CC(=O)[O-])Cc1ccccc1[O-])CC1=CC=CCC1[O-].[Fe+3]. The van der Waals surface area contributed by atoms with Crippen LogP contribution in [0.2, 0.25) is 0 Å². The topological polar surface area (TPSA) is 133 Å². The summed E-state index contributed by atoms with van der Waals surface area (Å²) in [5.41, 5.74) is 1.09. The van der Waals surface area contributed by atoms with Crippen LogP contribution in [-0.4, -0.2) is 60.6 Å². The van der Waals surface area contributed by atoms with Crippen molar-refractivity contribution in [2.24, 2.45) is 0 Å². The molecule has 9 heteroatoms. The minimum absolute atomic E-state index is 0. The standard InChI is InChI=1S/C21H27N2O6.Fe/c24-18-8-3-1-6-16(18)12-22(14-20(26)27)10-5-11-23(15-21(28)29)13-17-7-2-4-9-19(17)25;/h1-4,6-8,19,24H,5,9-15H2,(H,26,27)(H,28,29);/q-1;+3/p-3. The van der Waals surface area contributed by atoms with E-state index in [4.69, 9.17) is 0 Å². The Kier molecular flexibility index (Phi) is 11.4. The average Bonchev–Trinajstić information content (AvgIpc) is 2.64. The normalized spacial score (nSPS) is 15.7. The van der Waals surface area contributed by atoms with E-state index >= 15 is 0 Å². The number of aliphatic carboxylic acids is 2. The third kappa shape index (κ3) is 9.11. The van der Waals surface area contributed by atoms with Crippen LogP contribution in [0.1, 0.15) is 18.4 Å². The fourth-order valence-corrected chi connectivity index (χ4v) is 3.25. The summed E-state index contributed by atoms with van der Waals surface area (Å²) in [6.45, 7) is 0.379. The Labute approximate surface area is 186 Å². The van der Waals surface area contributed by atoms with Gasteiger partial charge in [-0.05, 0) is 18.4 Å². The van der Waals surface area contributed by atoms with Gasteiger partial charge in [0, 0.05) is 39.3 Å². The first kappa shape index (κ1) is 25.9. The third-order valence-corrected chi connectivity index (χ3v) is 4.64. The van der Waals surface area contributed by atoms with Crippen LogP contribution in [0.5, 0.6) is 5.75 Å². The maximum absolute atomic E-state index is 12.0. The number of carboxylic acids is 2. The molecule has 1 radical (unpaired) electrons. The molecule has 163 valence electrons. The van der Waals surface area contributed by atoms with Crippen LogP contribution in [0.15, 0.2) is 48.1 Å². The zero-order chi connectivity index (χ0) is 21.2. The van der Waals surface area contributed by atoms with Crippen LogP contribution in [0.3, 0.4) is 0 Å². The van der Waals surface area contributed by atoms with Crippen LogP contribution in [0.25, 0.3) is 0 Å². The first-order chi connectivity index (χ1) is 13.8. The second-order valence-electron chi connectivity index (χ2n) is 7.02. The van der Waals surface area contributed by atoms with Crippen molar-refractivity contribution in [3.63, 3.8) is 0 Å². The van der Waals surface area contributed by atoms with E-state index in [9.17, 15) is 30.0 Å². The molecule has 0 N–H and O–H groups in total. The Bertz CT molecular complexity index is 768. The minimum Gasteiger partial charge on any atom is -0.872 e. The van der Waals surface area contributed by atoms with Crippen molar-refractivity contribution in [1.82, 2.24) is 9.80 Å². The molecule has 1 aliphatic rings. The molecule has 1 atom stereocenters. The molecular weight excluding hydrogens is 432 g/mol. The van der Waals surface area contributed by atoms with Gasteiger partial charge in [0.2, 0.25) is 0 Å². The number of nitrogens with zero attached hydrogens (tertiary/aromatic N) is 2. The van der Waals surface area contributed by atoms with Gasteiger partial charge in [-0.15, -0.1) is 5.75 Å². The Hall–Kier alpha value is -2.16. The molecule has 0 amide bonds. The van der Waals surface area contributed by atoms with Crippen molar-refractivity contribution in [2.75, 3.05) is 32.7 Å². The van der Waals surface area contributed by atoms with E-state index in [0.717, 1.165) is 0 Å². The molecule has 1 unspecified atom stereocenters. The van der Waals surface area contributed by atoms with Gasteiger partial charge in [-0.1, -0.05) is 54.2 Å². The summed E-state index contributed by atoms with van der Waals surface area (Å²) in [4.78, 5) is 25.3. The molecule has 8 nitrogen and oxygen atoms in total. The Morgan fingerprint density at radius 3 is 2.17 bits per heavy atom. The first-order valence-corrected chi connectivity index (χ1v) is 9.46. The van der Waals surface area contributed by atoms with E-state index < -0.39 is 18.0 Å². The van der Waals surface area contributed by atoms with Crippen LogP contribution in [0.4, 0.5) is 0 Å². The number of para-hydroxylation sites is 1. The number of carbonyl (C=O) groups excluding carboxylic acids is 2. The molecular formula is C21H24FeN2O6-. The van der Waals surface area contributed by atoms with Crippen LogP contribution in [0, 0.1) is 0 Å². The summed E-state index contributed by atoms with van der Waals surface area (Å²) in [6, 6.07) is 6.39. The summed E-state index contributed by atoms with van der Waals surface area (Å²) in [6.07, 6.45) is 5.19. The van der Waals surface area contributed by atoms with Crippen molar-refractivity contribution in [2.45, 2.75) is 25.5 Å². The minimum atomic E-state index is -1.26. The Morgan fingerprint density at radius 2 is 1.60 bits per heavy atom. The molecule has 1 aromatic rings. The van der Waals surface area contributed by atoms with Gasteiger partial charge >= 0.3 is 17.1 Å². The van der Waals surface area contributed by atoms with Crippen LogP contribution >= 0.6 is 0 Å². The third-order valence-electron chi connectivity index (χ3n) is 4.64. The summed E-state index contributed by atoms with van der Waals surface area (Å²) in [7, 11) is 0. The van der Waals surface area contributed by atoms with Gasteiger partial charge in [0.05, 0.1) is 11.9 Å². The van der Waals surface area contributed by atoms with Crippen molar-refractivity contribution in [3.8, 4) is 5.75 Å². The van der Waals surface area contributed by atoms with Gasteiger partial charge in [0.15, 0.2) is 0 Å². The maximum atomic E-state index is 12.0. The van der Waals surface area contributed by atoms with Gasteiger partial charge in [0.25, 0.3) is 0 Å². The van der Waals surface area contributed by atoms with E-state index in [1.807, 2.05) is 0 Å². The van der Waals surface area contributed by atoms with Crippen LogP contribution in [-0.2, 0) is 33.2 Å². The van der Waals surface area contributed by atoms with Crippen molar-refractivity contribution >= 4 is 11.9 Å². The predicted octanol–water partition coefficient (Wildman–Crippen LogP) is -2.63. The molecule has 2 rings (SSSR count). The molecule has 0 bridgehead atoms. The second kappa shape index (κ2) is 13.2. The number of rotatable bonds is 12. The van der Waals surface area contributed by atoms with Crippen molar-refractivity contribution in [1.29, 1.82) is 0 Å². The molecule has 0 spiro atoms. The second-order valence-corrected chi connectivity index (χ2v) is 7.02. The van der Waals surface area contributed by atoms with E-state index in [2.05, 4.69) is 0 Å². The molecule has 0 heterocycles. The number of allylic oxidation sites excluding steroid dienone is 2. The fraction of sp³-hybridized carbons (Fsp3) is 0.429. The van der Waals surface area contributed by atoms with E-state index in [0.29, 0.717) is 37.1 Å². The number of hydrogen-bond acceptors (Lipinski definition) is 8. The molecule has 0 fully saturated rings. The van der Waals surface area contributed by atoms with Gasteiger partial charge in [-0.25, -0.2) is 0 Å². The maximum Gasteiger partial charge on any atom is 3.00 e. The van der Waals surface area contributed by atoms with Crippen LogP contribution < -0.4 is 20.4 Å². The molecule has 0 saturated carbocycles. The van der Waals surface area contributed by atoms with Crippen molar-refractivity contribution < 1.29 is 47.1 Å². The largest absolute Gasteiger partial charge is 3.00 e. The van der Waals surface area contributed by atoms with E-state index in [-0.39, 0.29) is 49.0 Å². The van der Waals surface area contributed by atoms with Gasteiger partial charge in [0.1, 0.15) is 0 Å². The van der Waals surface area contributed by atoms with E-state index in [1.165, 1.54) is 6.07 Å². The Morgan fingerprint density at radius 1 is 1.00 bits per heavy atom. The Balaban J connectivity index is 0.00000450. The fourth-order valence-electron chi connectivity index (χ4n) is 3.25.